The van der Waals surface area contributed by atoms with Gasteiger partial charge in [-0.3, -0.25) is 9.59 Å². The smallest absolute Gasteiger partial charge is 0.255 e. The number of anilines is 2. The van der Waals surface area contributed by atoms with Crippen LogP contribution in [0.2, 0.25) is 5.02 Å². The maximum absolute atomic E-state index is 12.7. The Morgan fingerprint density at radius 1 is 1.03 bits per heavy atom. The number of hydrogen-bond donors (Lipinski definition) is 1. The summed E-state index contributed by atoms with van der Waals surface area (Å²) in [5.41, 5.74) is 2.10. The molecule has 1 saturated heterocycles. The normalized spacial score (nSPS) is 13.9. The Kier molecular flexibility index (Phi) is 6.99. The van der Waals surface area contributed by atoms with Gasteiger partial charge >= 0.3 is 0 Å². The SMILES string of the molecule is CCOc1ccc(C(=O)Nc2cc(Cl)ccc2N2CCN(C(=O)CC)CC2)cc1. The van der Waals surface area contributed by atoms with E-state index in [0.29, 0.717) is 55.5 Å². The lowest BCUT2D eigenvalue weighted by Crippen LogP contribution is -2.48. The van der Waals surface area contributed by atoms with Crippen LogP contribution in [0.25, 0.3) is 0 Å². The van der Waals surface area contributed by atoms with Crippen molar-refractivity contribution in [3.8, 4) is 5.75 Å². The van der Waals surface area contributed by atoms with Crippen LogP contribution in [0.5, 0.6) is 5.75 Å². The van der Waals surface area contributed by atoms with Gasteiger partial charge in [0.1, 0.15) is 5.75 Å². The molecule has 0 aliphatic carbocycles. The van der Waals surface area contributed by atoms with E-state index in [1.807, 2.05) is 30.9 Å². The molecule has 3 rings (SSSR count). The Morgan fingerprint density at radius 3 is 2.34 bits per heavy atom. The summed E-state index contributed by atoms with van der Waals surface area (Å²) in [7, 11) is 0. The molecule has 7 heteroatoms. The maximum atomic E-state index is 12.7. The van der Waals surface area contributed by atoms with Crippen molar-refractivity contribution in [1.29, 1.82) is 0 Å². The first-order valence-corrected chi connectivity index (χ1v) is 10.3. The molecule has 0 atom stereocenters. The van der Waals surface area contributed by atoms with E-state index in [1.54, 1.807) is 30.3 Å². The van der Waals surface area contributed by atoms with Gasteiger partial charge in [0.05, 0.1) is 18.0 Å². The Bertz CT molecular complexity index is 862. The Balaban J connectivity index is 1.73. The largest absolute Gasteiger partial charge is 0.494 e. The summed E-state index contributed by atoms with van der Waals surface area (Å²) in [4.78, 5) is 28.7. The van der Waals surface area contributed by atoms with Gasteiger partial charge in [0.25, 0.3) is 5.91 Å². The molecular formula is C22H26ClN3O3. The molecule has 6 nitrogen and oxygen atoms in total. The monoisotopic (exact) mass is 415 g/mol. The van der Waals surface area contributed by atoms with Crippen molar-refractivity contribution in [2.75, 3.05) is 43.0 Å². The predicted molar refractivity (Wildman–Crippen MR) is 116 cm³/mol. The fourth-order valence-corrected chi connectivity index (χ4v) is 3.54. The molecule has 1 aliphatic rings. The van der Waals surface area contributed by atoms with E-state index >= 15 is 0 Å². The second-order valence-electron chi connectivity index (χ2n) is 6.79. The lowest BCUT2D eigenvalue weighted by Gasteiger charge is -2.37. The van der Waals surface area contributed by atoms with Crippen LogP contribution in [0.1, 0.15) is 30.6 Å². The van der Waals surface area contributed by atoms with E-state index in [0.717, 1.165) is 11.4 Å². The minimum Gasteiger partial charge on any atom is -0.494 e. The number of ether oxygens (including phenoxy) is 1. The lowest BCUT2D eigenvalue weighted by atomic mass is 10.1. The van der Waals surface area contributed by atoms with Crippen LogP contribution in [0.4, 0.5) is 11.4 Å². The molecule has 0 radical (unpaired) electrons. The van der Waals surface area contributed by atoms with Crippen molar-refractivity contribution in [2.24, 2.45) is 0 Å². The molecule has 29 heavy (non-hydrogen) atoms. The van der Waals surface area contributed by atoms with Gasteiger partial charge in [0.2, 0.25) is 5.91 Å². The summed E-state index contributed by atoms with van der Waals surface area (Å²) in [6.45, 7) is 7.12. The number of piperazine rings is 1. The zero-order chi connectivity index (χ0) is 20.8. The number of halogens is 1. The van der Waals surface area contributed by atoms with Crippen LogP contribution in [-0.4, -0.2) is 49.5 Å². The zero-order valence-electron chi connectivity index (χ0n) is 16.8. The van der Waals surface area contributed by atoms with Crippen LogP contribution in [0.15, 0.2) is 42.5 Å². The second-order valence-corrected chi connectivity index (χ2v) is 7.23. The zero-order valence-corrected chi connectivity index (χ0v) is 17.5. The average Bonchev–Trinajstić information content (AvgIpc) is 2.74. The van der Waals surface area contributed by atoms with Crippen molar-refractivity contribution in [2.45, 2.75) is 20.3 Å². The van der Waals surface area contributed by atoms with Crippen LogP contribution < -0.4 is 15.0 Å². The summed E-state index contributed by atoms with van der Waals surface area (Å²) in [6.07, 6.45) is 0.518. The molecule has 0 bridgehead atoms. The summed E-state index contributed by atoms with van der Waals surface area (Å²) < 4.78 is 5.42. The minimum atomic E-state index is -0.212. The summed E-state index contributed by atoms with van der Waals surface area (Å²) in [6, 6.07) is 12.5. The minimum absolute atomic E-state index is 0.171. The van der Waals surface area contributed by atoms with Gasteiger partial charge in [0.15, 0.2) is 0 Å². The number of carbonyl (C=O) groups excluding carboxylic acids is 2. The van der Waals surface area contributed by atoms with Crippen molar-refractivity contribution in [3.63, 3.8) is 0 Å². The van der Waals surface area contributed by atoms with E-state index in [4.69, 9.17) is 16.3 Å². The van der Waals surface area contributed by atoms with Crippen LogP contribution in [0.3, 0.4) is 0 Å². The first-order valence-electron chi connectivity index (χ1n) is 9.88. The third kappa shape index (κ3) is 5.21. The highest BCUT2D eigenvalue weighted by Gasteiger charge is 2.22. The molecule has 1 aliphatic heterocycles. The average molecular weight is 416 g/mol. The van der Waals surface area contributed by atoms with Crippen molar-refractivity contribution in [1.82, 2.24) is 4.90 Å². The third-order valence-electron chi connectivity index (χ3n) is 4.91. The van der Waals surface area contributed by atoms with Gasteiger partial charge in [0, 0.05) is 43.2 Å². The van der Waals surface area contributed by atoms with Gasteiger partial charge in [-0.25, -0.2) is 0 Å². The van der Waals surface area contributed by atoms with Gasteiger partial charge in [-0.2, -0.15) is 0 Å². The fourth-order valence-electron chi connectivity index (χ4n) is 3.37. The van der Waals surface area contributed by atoms with Crippen LogP contribution in [0, 0.1) is 0 Å². The quantitative estimate of drug-likeness (QED) is 0.773. The number of amides is 2. The van der Waals surface area contributed by atoms with E-state index in [2.05, 4.69) is 10.2 Å². The maximum Gasteiger partial charge on any atom is 0.255 e. The molecular weight excluding hydrogens is 390 g/mol. The van der Waals surface area contributed by atoms with Gasteiger partial charge < -0.3 is 19.9 Å². The number of nitrogens with zero attached hydrogens (tertiary/aromatic N) is 2. The fraction of sp³-hybridized carbons (Fsp3) is 0.364. The molecule has 1 N–H and O–H groups in total. The summed E-state index contributed by atoms with van der Waals surface area (Å²) >= 11 is 6.19. The molecule has 2 aromatic carbocycles. The van der Waals surface area contributed by atoms with Crippen LogP contribution in [-0.2, 0) is 4.79 Å². The first-order chi connectivity index (χ1) is 14.0. The summed E-state index contributed by atoms with van der Waals surface area (Å²) in [5.74, 6) is 0.688. The molecule has 0 spiro atoms. The standard InChI is InChI=1S/C22H26ClN3O3/c1-3-21(27)26-13-11-25(12-14-26)20-10-7-17(23)15-19(20)24-22(28)16-5-8-18(9-6-16)29-4-2/h5-10,15H,3-4,11-14H2,1-2H3,(H,24,28). The molecule has 2 amide bonds. The summed E-state index contributed by atoms with van der Waals surface area (Å²) in [5, 5.41) is 3.53. The van der Waals surface area contributed by atoms with Crippen molar-refractivity contribution in [3.05, 3.63) is 53.1 Å². The first kappa shape index (κ1) is 21.0. The van der Waals surface area contributed by atoms with Crippen LogP contribution >= 0.6 is 11.6 Å². The number of carbonyl (C=O) groups is 2. The van der Waals surface area contributed by atoms with Gasteiger partial charge in [-0.1, -0.05) is 18.5 Å². The van der Waals surface area contributed by atoms with Crippen molar-refractivity contribution < 1.29 is 14.3 Å². The van der Waals surface area contributed by atoms with E-state index in [9.17, 15) is 9.59 Å². The van der Waals surface area contributed by atoms with E-state index < -0.39 is 0 Å². The molecule has 0 unspecified atom stereocenters. The second kappa shape index (κ2) is 9.65. The van der Waals surface area contributed by atoms with Gasteiger partial charge in [-0.15, -0.1) is 0 Å². The molecule has 0 saturated carbocycles. The third-order valence-corrected chi connectivity index (χ3v) is 5.14. The Labute approximate surface area is 176 Å². The number of hydrogen-bond acceptors (Lipinski definition) is 4. The topological polar surface area (TPSA) is 61.9 Å². The van der Waals surface area contributed by atoms with Crippen molar-refractivity contribution >= 4 is 34.8 Å². The Morgan fingerprint density at radius 2 is 1.72 bits per heavy atom. The number of benzene rings is 2. The Hall–Kier alpha value is -2.73. The predicted octanol–water partition coefficient (Wildman–Crippen LogP) is 4.05. The van der Waals surface area contributed by atoms with Gasteiger partial charge in [-0.05, 0) is 49.4 Å². The molecule has 2 aromatic rings. The molecule has 0 aromatic heterocycles. The highest BCUT2D eigenvalue weighted by Crippen LogP contribution is 2.30. The lowest BCUT2D eigenvalue weighted by molar-refractivity contribution is -0.131. The number of nitrogens with one attached hydrogen (secondary N) is 1. The molecule has 1 fully saturated rings. The highest BCUT2D eigenvalue weighted by molar-refractivity contribution is 6.31. The number of rotatable bonds is 6. The van der Waals surface area contributed by atoms with E-state index in [-0.39, 0.29) is 11.8 Å². The highest BCUT2D eigenvalue weighted by atomic mass is 35.5. The molecule has 1 heterocycles. The molecule has 154 valence electrons. The van der Waals surface area contributed by atoms with E-state index in [1.165, 1.54) is 0 Å².